The summed E-state index contributed by atoms with van der Waals surface area (Å²) in [5, 5.41) is -0.713. The van der Waals surface area contributed by atoms with Crippen LogP contribution in [0.1, 0.15) is 33.6 Å². The number of carbonyl (C=O) groups is 4. The van der Waals surface area contributed by atoms with E-state index in [0.717, 1.165) is 16.3 Å². The maximum Gasteiger partial charge on any atom is 0.328 e. The zero-order valence-corrected chi connectivity index (χ0v) is 11.0. The number of hydrogen-bond acceptors (Lipinski definition) is 6. The van der Waals surface area contributed by atoms with Gasteiger partial charge in [-0.15, -0.1) is 0 Å². The summed E-state index contributed by atoms with van der Waals surface area (Å²) in [4.78, 5) is 46.8. The molecule has 1 unspecified atom stereocenters. The maximum absolute atomic E-state index is 12.1. The Labute approximate surface area is 118 Å². The highest BCUT2D eigenvalue weighted by Gasteiger charge is 2.40. The van der Waals surface area contributed by atoms with E-state index in [2.05, 4.69) is 4.74 Å². The molecule has 1 saturated heterocycles. The lowest BCUT2D eigenvalue weighted by molar-refractivity contribution is -0.162. The first kappa shape index (κ1) is 12.9. The van der Waals surface area contributed by atoms with Crippen molar-refractivity contribution in [1.29, 1.82) is 0 Å². The van der Waals surface area contributed by atoms with Crippen LogP contribution in [0.5, 0.6) is 0 Å². The first-order valence-electron chi connectivity index (χ1n) is 5.97. The minimum Gasteiger partial charge on any atom is -0.392 e. The van der Waals surface area contributed by atoms with Crippen molar-refractivity contribution in [2.45, 2.75) is 18.1 Å². The summed E-state index contributed by atoms with van der Waals surface area (Å²) in [5.41, 5.74) is 0.649. The van der Waals surface area contributed by atoms with E-state index in [1.807, 2.05) is 0 Å². The summed E-state index contributed by atoms with van der Waals surface area (Å²) in [6, 6.07) is 6.48. The molecule has 1 aromatic rings. The van der Waals surface area contributed by atoms with Crippen molar-refractivity contribution in [1.82, 2.24) is 4.31 Å². The molecule has 0 N–H and O–H groups in total. The van der Waals surface area contributed by atoms with Gasteiger partial charge in [0.25, 0.3) is 11.8 Å². The van der Waals surface area contributed by atoms with Crippen molar-refractivity contribution in [3.63, 3.8) is 0 Å². The molecule has 1 aromatic carbocycles. The summed E-state index contributed by atoms with van der Waals surface area (Å²) >= 11 is 0.819. The summed E-state index contributed by atoms with van der Waals surface area (Å²) < 4.78 is 5.47. The van der Waals surface area contributed by atoms with Crippen molar-refractivity contribution in [3.8, 4) is 0 Å². The molecular formula is C13H9NO5S. The number of ether oxygens (including phenoxy) is 1. The maximum atomic E-state index is 12.1. The van der Waals surface area contributed by atoms with Crippen LogP contribution in [0, 0.1) is 0 Å². The van der Waals surface area contributed by atoms with Crippen LogP contribution in [-0.4, -0.2) is 33.3 Å². The Balaban J connectivity index is 1.80. The van der Waals surface area contributed by atoms with E-state index in [4.69, 9.17) is 0 Å². The highest BCUT2D eigenvalue weighted by Crippen LogP contribution is 2.33. The van der Waals surface area contributed by atoms with E-state index >= 15 is 0 Å². The normalized spacial score (nSPS) is 22.0. The van der Waals surface area contributed by atoms with Crippen molar-refractivity contribution in [3.05, 3.63) is 35.4 Å². The number of cyclic esters (lactones) is 2. The van der Waals surface area contributed by atoms with Crippen LogP contribution in [0.3, 0.4) is 0 Å². The summed E-state index contributed by atoms with van der Waals surface area (Å²) in [7, 11) is 0. The Morgan fingerprint density at radius 1 is 1.05 bits per heavy atom. The number of rotatable bonds is 2. The van der Waals surface area contributed by atoms with Crippen molar-refractivity contribution in [2.75, 3.05) is 0 Å². The fourth-order valence-electron chi connectivity index (χ4n) is 2.08. The lowest BCUT2D eigenvalue weighted by atomic mass is 10.1. The first-order chi connectivity index (χ1) is 9.58. The largest absolute Gasteiger partial charge is 0.392 e. The fourth-order valence-corrected chi connectivity index (χ4v) is 3.08. The molecule has 0 radical (unpaired) electrons. The first-order valence-corrected chi connectivity index (χ1v) is 6.80. The molecule has 1 atom stereocenters. The molecule has 20 heavy (non-hydrogen) atoms. The number of amides is 2. The second-order valence-electron chi connectivity index (χ2n) is 4.38. The van der Waals surface area contributed by atoms with Crippen LogP contribution in [0.15, 0.2) is 24.3 Å². The van der Waals surface area contributed by atoms with Crippen molar-refractivity contribution < 1.29 is 23.9 Å². The van der Waals surface area contributed by atoms with Gasteiger partial charge in [-0.05, 0) is 30.5 Å². The van der Waals surface area contributed by atoms with Gasteiger partial charge in [0.1, 0.15) is 5.25 Å². The van der Waals surface area contributed by atoms with Crippen LogP contribution in [0.4, 0.5) is 0 Å². The number of esters is 2. The van der Waals surface area contributed by atoms with Crippen LogP contribution >= 0.6 is 11.9 Å². The third-order valence-electron chi connectivity index (χ3n) is 3.08. The van der Waals surface area contributed by atoms with E-state index in [9.17, 15) is 19.2 Å². The molecule has 6 nitrogen and oxygen atoms in total. The number of imide groups is 1. The highest BCUT2D eigenvalue weighted by molar-refractivity contribution is 7.99. The number of nitrogens with zero attached hydrogens (tertiary/aromatic N) is 1. The fraction of sp³-hybridized carbons (Fsp3) is 0.231. The van der Waals surface area contributed by atoms with Gasteiger partial charge in [0.2, 0.25) is 0 Å². The standard InChI is InChI=1S/C13H9NO5S/c15-10-6-5-9(13(18)19-10)20-14-11(16)7-3-1-2-4-8(7)12(14)17/h1-4,9H,5-6H2. The Kier molecular flexibility index (Phi) is 3.06. The summed E-state index contributed by atoms with van der Waals surface area (Å²) in [5.74, 6) is -2.17. The van der Waals surface area contributed by atoms with Gasteiger partial charge in [-0.25, -0.2) is 4.31 Å². The van der Waals surface area contributed by atoms with Crippen LogP contribution in [0.2, 0.25) is 0 Å². The average molecular weight is 291 g/mol. The Bertz CT molecular complexity index is 606. The molecular weight excluding hydrogens is 282 g/mol. The molecule has 1 fully saturated rings. The average Bonchev–Trinajstić information content (AvgIpc) is 2.67. The van der Waals surface area contributed by atoms with E-state index in [0.29, 0.717) is 11.1 Å². The van der Waals surface area contributed by atoms with Crippen LogP contribution in [0.25, 0.3) is 0 Å². The predicted molar refractivity (Wildman–Crippen MR) is 68.7 cm³/mol. The second kappa shape index (κ2) is 4.75. The third-order valence-corrected chi connectivity index (χ3v) is 4.30. The Morgan fingerprint density at radius 2 is 1.65 bits per heavy atom. The van der Waals surface area contributed by atoms with Crippen molar-refractivity contribution >= 4 is 35.7 Å². The van der Waals surface area contributed by atoms with Crippen LogP contribution < -0.4 is 0 Å². The quantitative estimate of drug-likeness (QED) is 0.352. The van der Waals surface area contributed by atoms with E-state index in [1.54, 1.807) is 24.3 Å². The molecule has 2 amide bonds. The minimum atomic E-state index is -0.713. The number of benzene rings is 1. The molecule has 2 aliphatic heterocycles. The van der Waals surface area contributed by atoms with Gasteiger partial charge < -0.3 is 4.74 Å². The Hall–Kier alpha value is -2.15. The van der Waals surface area contributed by atoms with Crippen molar-refractivity contribution in [2.24, 2.45) is 0 Å². The minimum absolute atomic E-state index is 0.104. The third kappa shape index (κ3) is 2.00. The van der Waals surface area contributed by atoms with E-state index < -0.39 is 29.0 Å². The summed E-state index contributed by atoms with van der Waals surface area (Å²) in [6.07, 6.45) is 0.363. The predicted octanol–water partition coefficient (Wildman–Crippen LogP) is 1.16. The molecule has 0 saturated carbocycles. The van der Waals surface area contributed by atoms with Crippen LogP contribution in [-0.2, 0) is 14.3 Å². The molecule has 0 aromatic heterocycles. The lowest BCUT2D eigenvalue weighted by Crippen LogP contribution is -2.34. The van der Waals surface area contributed by atoms with Gasteiger partial charge in [-0.2, -0.15) is 0 Å². The van der Waals surface area contributed by atoms with Gasteiger partial charge >= 0.3 is 11.9 Å². The number of hydrogen-bond donors (Lipinski definition) is 0. The van der Waals surface area contributed by atoms with Gasteiger partial charge in [-0.1, -0.05) is 12.1 Å². The number of carbonyl (C=O) groups excluding carboxylic acids is 4. The zero-order valence-electron chi connectivity index (χ0n) is 10.2. The molecule has 0 bridgehead atoms. The smallest absolute Gasteiger partial charge is 0.328 e. The summed E-state index contributed by atoms with van der Waals surface area (Å²) in [6.45, 7) is 0. The molecule has 2 heterocycles. The number of fused-ring (bicyclic) bond motifs is 1. The lowest BCUT2D eigenvalue weighted by Gasteiger charge is -2.22. The monoisotopic (exact) mass is 291 g/mol. The highest BCUT2D eigenvalue weighted by atomic mass is 32.2. The Morgan fingerprint density at radius 3 is 2.20 bits per heavy atom. The molecule has 0 spiro atoms. The van der Waals surface area contributed by atoms with Gasteiger partial charge in [0, 0.05) is 6.42 Å². The second-order valence-corrected chi connectivity index (χ2v) is 5.52. The van der Waals surface area contributed by atoms with Gasteiger partial charge in [0.05, 0.1) is 11.1 Å². The molecule has 3 rings (SSSR count). The van der Waals surface area contributed by atoms with E-state index in [1.165, 1.54) is 0 Å². The molecule has 7 heteroatoms. The topological polar surface area (TPSA) is 80.8 Å². The van der Waals surface area contributed by atoms with Gasteiger partial charge in [-0.3, -0.25) is 19.2 Å². The zero-order chi connectivity index (χ0) is 14.3. The molecule has 2 aliphatic rings. The SMILES string of the molecule is O=C1CCC(SN2C(=O)c3ccccc3C2=O)C(=O)O1. The molecule has 0 aliphatic carbocycles. The van der Waals surface area contributed by atoms with E-state index in [-0.39, 0.29) is 12.8 Å². The van der Waals surface area contributed by atoms with Gasteiger partial charge in [0.15, 0.2) is 0 Å². The molecule has 102 valence electrons.